The quantitative estimate of drug-likeness (QED) is 0.725. The average Bonchev–Trinajstić information content (AvgIpc) is 3.33. The van der Waals surface area contributed by atoms with E-state index in [0.717, 1.165) is 31.1 Å². The van der Waals surface area contributed by atoms with Gasteiger partial charge in [0.05, 0.1) is 10.9 Å². The van der Waals surface area contributed by atoms with Crippen molar-refractivity contribution in [1.29, 1.82) is 0 Å². The van der Waals surface area contributed by atoms with E-state index >= 15 is 0 Å². The molecule has 1 fully saturated rings. The fourth-order valence-corrected chi connectivity index (χ4v) is 3.71. The predicted molar refractivity (Wildman–Crippen MR) is 96.3 cm³/mol. The fraction of sp³-hybridized carbons (Fsp3) is 0.333. The van der Waals surface area contributed by atoms with E-state index in [9.17, 15) is 0 Å². The molecule has 1 atom stereocenters. The second-order valence-electron chi connectivity index (χ2n) is 5.96. The van der Waals surface area contributed by atoms with Crippen LogP contribution in [0.3, 0.4) is 0 Å². The Labute approximate surface area is 145 Å². The Balaban J connectivity index is 1.40. The van der Waals surface area contributed by atoms with E-state index < -0.39 is 0 Å². The molecule has 5 nitrogen and oxygen atoms in total. The summed E-state index contributed by atoms with van der Waals surface area (Å²) in [6, 6.07) is 14.7. The number of benzene rings is 1. The van der Waals surface area contributed by atoms with Crippen molar-refractivity contribution in [3.63, 3.8) is 0 Å². The third-order valence-corrected chi connectivity index (χ3v) is 5.37. The molecule has 2 aromatic heterocycles. The molecule has 1 aromatic carbocycles. The van der Waals surface area contributed by atoms with E-state index in [1.807, 2.05) is 17.5 Å². The van der Waals surface area contributed by atoms with Crippen LogP contribution in [0.4, 0.5) is 5.69 Å². The number of para-hydroxylation sites is 1. The Morgan fingerprint density at radius 1 is 1.00 bits per heavy atom. The van der Waals surface area contributed by atoms with Crippen molar-refractivity contribution in [3.05, 3.63) is 53.7 Å². The molecule has 24 heavy (non-hydrogen) atoms. The van der Waals surface area contributed by atoms with E-state index in [2.05, 4.69) is 57.3 Å². The Hall–Kier alpha value is -2.18. The number of aromatic nitrogens is 2. The first-order chi connectivity index (χ1) is 11.8. The molecule has 0 amide bonds. The number of nitrogens with zero attached hydrogens (tertiary/aromatic N) is 4. The van der Waals surface area contributed by atoms with Gasteiger partial charge in [-0.15, -0.1) is 21.5 Å². The molecule has 6 heteroatoms. The summed E-state index contributed by atoms with van der Waals surface area (Å²) in [6.45, 7) is 6.16. The van der Waals surface area contributed by atoms with Gasteiger partial charge in [-0.25, -0.2) is 0 Å². The first-order valence-electron chi connectivity index (χ1n) is 8.22. The average molecular weight is 340 g/mol. The highest BCUT2D eigenvalue weighted by Gasteiger charge is 2.26. The summed E-state index contributed by atoms with van der Waals surface area (Å²) in [5.74, 6) is 1.32. The second-order valence-corrected chi connectivity index (χ2v) is 6.90. The third-order valence-electron chi connectivity index (χ3n) is 4.51. The smallest absolute Gasteiger partial charge is 0.257 e. The molecule has 1 aliphatic rings. The highest BCUT2D eigenvalue weighted by molar-refractivity contribution is 7.13. The van der Waals surface area contributed by atoms with E-state index in [1.54, 1.807) is 11.3 Å². The maximum absolute atomic E-state index is 5.89. The molecular formula is C18H20N4OS. The van der Waals surface area contributed by atoms with Crippen LogP contribution in [0.1, 0.15) is 18.9 Å². The minimum absolute atomic E-state index is 0.143. The summed E-state index contributed by atoms with van der Waals surface area (Å²) in [6.07, 6.45) is 0. The molecule has 1 aliphatic heterocycles. The minimum atomic E-state index is 0.143. The summed E-state index contributed by atoms with van der Waals surface area (Å²) in [5, 5.41) is 10.5. The van der Waals surface area contributed by atoms with Gasteiger partial charge in [0.1, 0.15) is 0 Å². The summed E-state index contributed by atoms with van der Waals surface area (Å²) >= 11 is 1.62. The molecule has 0 spiro atoms. The lowest BCUT2D eigenvalue weighted by Gasteiger charge is -2.38. The van der Waals surface area contributed by atoms with Crippen molar-refractivity contribution in [2.75, 3.05) is 31.1 Å². The summed E-state index contributed by atoms with van der Waals surface area (Å²) in [4.78, 5) is 5.86. The molecule has 0 radical (unpaired) electrons. The Morgan fingerprint density at radius 2 is 1.79 bits per heavy atom. The SMILES string of the molecule is CC(c1nnc(-c2cccs2)o1)N1CCN(c2ccccc2)CC1. The van der Waals surface area contributed by atoms with Crippen LogP contribution in [-0.2, 0) is 0 Å². The lowest BCUT2D eigenvalue weighted by atomic mass is 10.2. The summed E-state index contributed by atoms with van der Waals surface area (Å²) in [5.41, 5.74) is 1.29. The van der Waals surface area contributed by atoms with Crippen LogP contribution in [0.15, 0.2) is 52.3 Å². The van der Waals surface area contributed by atoms with Crippen molar-refractivity contribution < 1.29 is 4.42 Å². The fourth-order valence-electron chi connectivity index (χ4n) is 3.07. The van der Waals surface area contributed by atoms with Crippen LogP contribution in [0.2, 0.25) is 0 Å². The van der Waals surface area contributed by atoms with Gasteiger partial charge in [0, 0.05) is 31.9 Å². The zero-order valence-electron chi connectivity index (χ0n) is 13.6. The molecule has 0 N–H and O–H groups in total. The van der Waals surface area contributed by atoms with Crippen LogP contribution < -0.4 is 4.90 Å². The largest absolute Gasteiger partial charge is 0.418 e. The molecule has 0 bridgehead atoms. The maximum Gasteiger partial charge on any atom is 0.257 e. The zero-order chi connectivity index (χ0) is 16.4. The molecule has 3 aromatic rings. The molecular weight excluding hydrogens is 320 g/mol. The van der Waals surface area contributed by atoms with Gasteiger partial charge in [-0.05, 0) is 30.5 Å². The first kappa shape index (κ1) is 15.4. The predicted octanol–water partition coefficient (Wildman–Crippen LogP) is 3.68. The van der Waals surface area contributed by atoms with Gasteiger partial charge < -0.3 is 9.32 Å². The van der Waals surface area contributed by atoms with Crippen molar-refractivity contribution in [2.45, 2.75) is 13.0 Å². The molecule has 0 saturated carbocycles. The molecule has 124 valence electrons. The van der Waals surface area contributed by atoms with Crippen LogP contribution in [0.5, 0.6) is 0 Å². The van der Waals surface area contributed by atoms with E-state index in [1.165, 1.54) is 5.69 Å². The number of piperazine rings is 1. The van der Waals surface area contributed by atoms with Crippen LogP contribution in [-0.4, -0.2) is 41.3 Å². The Morgan fingerprint density at radius 3 is 2.50 bits per heavy atom. The third kappa shape index (κ3) is 3.07. The topological polar surface area (TPSA) is 45.4 Å². The summed E-state index contributed by atoms with van der Waals surface area (Å²) in [7, 11) is 0. The van der Waals surface area contributed by atoms with Gasteiger partial charge >= 0.3 is 0 Å². The molecule has 0 aliphatic carbocycles. The lowest BCUT2D eigenvalue weighted by Crippen LogP contribution is -2.47. The van der Waals surface area contributed by atoms with Crippen molar-refractivity contribution in [1.82, 2.24) is 15.1 Å². The number of hydrogen-bond donors (Lipinski definition) is 0. The lowest BCUT2D eigenvalue weighted by molar-refractivity contribution is 0.174. The van der Waals surface area contributed by atoms with Gasteiger partial charge in [-0.1, -0.05) is 24.3 Å². The minimum Gasteiger partial charge on any atom is -0.418 e. The highest BCUT2D eigenvalue weighted by Crippen LogP contribution is 2.27. The highest BCUT2D eigenvalue weighted by atomic mass is 32.1. The molecule has 1 unspecified atom stereocenters. The van der Waals surface area contributed by atoms with Gasteiger partial charge in [0.2, 0.25) is 5.89 Å². The van der Waals surface area contributed by atoms with E-state index in [4.69, 9.17) is 4.42 Å². The van der Waals surface area contributed by atoms with Crippen LogP contribution >= 0.6 is 11.3 Å². The monoisotopic (exact) mass is 340 g/mol. The Kier molecular flexibility index (Phi) is 4.32. The van der Waals surface area contributed by atoms with Gasteiger partial charge in [-0.2, -0.15) is 0 Å². The van der Waals surface area contributed by atoms with E-state index in [-0.39, 0.29) is 6.04 Å². The standard InChI is InChI=1S/C18H20N4OS/c1-14(17-19-20-18(23-17)16-8-5-13-24-16)21-9-11-22(12-10-21)15-6-3-2-4-7-15/h2-8,13-14H,9-12H2,1H3. The van der Waals surface area contributed by atoms with Crippen LogP contribution in [0.25, 0.3) is 10.8 Å². The van der Waals surface area contributed by atoms with Crippen LogP contribution in [0, 0.1) is 0 Å². The zero-order valence-corrected chi connectivity index (χ0v) is 14.4. The normalized spacial score (nSPS) is 17.1. The first-order valence-corrected chi connectivity index (χ1v) is 9.10. The molecule has 1 saturated heterocycles. The van der Waals surface area contributed by atoms with Crippen molar-refractivity contribution in [2.24, 2.45) is 0 Å². The number of thiophene rings is 1. The number of anilines is 1. The summed E-state index contributed by atoms with van der Waals surface area (Å²) < 4.78 is 5.89. The Bertz CT molecular complexity index is 763. The molecule has 4 rings (SSSR count). The van der Waals surface area contributed by atoms with Crippen molar-refractivity contribution in [3.8, 4) is 10.8 Å². The van der Waals surface area contributed by atoms with Gasteiger partial charge in [0.25, 0.3) is 5.89 Å². The van der Waals surface area contributed by atoms with Crippen molar-refractivity contribution >= 4 is 17.0 Å². The van der Waals surface area contributed by atoms with Gasteiger partial charge in [0.15, 0.2) is 0 Å². The van der Waals surface area contributed by atoms with Gasteiger partial charge in [-0.3, -0.25) is 4.90 Å². The second kappa shape index (κ2) is 6.75. The number of hydrogen-bond acceptors (Lipinski definition) is 6. The number of rotatable bonds is 4. The van der Waals surface area contributed by atoms with E-state index in [0.29, 0.717) is 11.8 Å². The maximum atomic E-state index is 5.89. The molecule has 3 heterocycles.